The van der Waals surface area contributed by atoms with Gasteiger partial charge in [-0.1, -0.05) is 20.8 Å². The van der Waals surface area contributed by atoms with Gasteiger partial charge in [0.2, 0.25) is 0 Å². The Labute approximate surface area is 201 Å². The van der Waals surface area contributed by atoms with Crippen molar-refractivity contribution in [3.8, 4) is 23.0 Å². The van der Waals surface area contributed by atoms with E-state index in [0.717, 1.165) is 25.7 Å². The number of aromatic hydroxyl groups is 1. The van der Waals surface area contributed by atoms with Crippen LogP contribution in [0.2, 0.25) is 0 Å². The van der Waals surface area contributed by atoms with Crippen LogP contribution in [-0.2, 0) is 0 Å². The maximum atomic E-state index is 12.5. The van der Waals surface area contributed by atoms with E-state index in [-0.39, 0.29) is 22.5 Å². The molecule has 0 radical (unpaired) electrons. The predicted octanol–water partition coefficient (Wildman–Crippen LogP) is 6.04. The first-order valence-corrected chi connectivity index (χ1v) is 11.6. The molecule has 0 aliphatic heterocycles. The molecule has 0 heterocycles. The number of carboxylic acids is 1. The highest BCUT2D eigenvalue weighted by molar-refractivity contribution is 5.99. The first-order valence-electron chi connectivity index (χ1n) is 11.6. The van der Waals surface area contributed by atoms with Gasteiger partial charge in [-0.25, -0.2) is 4.79 Å². The summed E-state index contributed by atoms with van der Waals surface area (Å²) in [6.07, 6.45) is 3.87. The lowest BCUT2D eigenvalue weighted by atomic mass is 9.87. The van der Waals surface area contributed by atoms with E-state index >= 15 is 0 Å². The van der Waals surface area contributed by atoms with Crippen molar-refractivity contribution >= 4 is 11.8 Å². The number of ether oxygens (including phenoxy) is 3. The van der Waals surface area contributed by atoms with Gasteiger partial charge in [-0.2, -0.15) is 0 Å². The monoisotopic (exact) mass is 472 g/mol. The van der Waals surface area contributed by atoms with Gasteiger partial charge in [-0.3, -0.25) is 4.79 Å². The molecule has 2 aromatic carbocycles. The van der Waals surface area contributed by atoms with Crippen molar-refractivity contribution in [1.29, 1.82) is 0 Å². The van der Waals surface area contributed by atoms with Crippen molar-refractivity contribution in [2.24, 2.45) is 5.41 Å². The Morgan fingerprint density at radius 3 is 2.03 bits per heavy atom. The van der Waals surface area contributed by atoms with Crippen molar-refractivity contribution in [3.63, 3.8) is 0 Å². The average Bonchev–Trinajstić information content (AvgIpc) is 2.76. The minimum atomic E-state index is -1.01. The summed E-state index contributed by atoms with van der Waals surface area (Å²) in [5, 5.41) is 19.6. The molecule has 7 heteroatoms. The van der Waals surface area contributed by atoms with E-state index in [0.29, 0.717) is 48.0 Å². The molecule has 34 heavy (non-hydrogen) atoms. The molecule has 0 saturated carbocycles. The van der Waals surface area contributed by atoms with Gasteiger partial charge in [-0.05, 0) is 68.4 Å². The molecule has 7 nitrogen and oxygen atoms in total. The molecule has 0 amide bonds. The average molecular weight is 473 g/mol. The number of carbonyl (C=O) groups excluding carboxylic acids is 1. The molecule has 2 aromatic rings. The number of Topliss-reactive ketones (excluding diaryl/α,β-unsaturated/α-hetero) is 1. The van der Waals surface area contributed by atoms with Crippen LogP contribution in [0.1, 0.15) is 79.2 Å². The largest absolute Gasteiger partial charge is 0.507 e. The van der Waals surface area contributed by atoms with Crippen LogP contribution in [0.3, 0.4) is 0 Å². The van der Waals surface area contributed by atoms with E-state index in [1.54, 1.807) is 25.1 Å². The number of unbranched alkanes of at least 4 members (excludes halogenated alkanes) is 3. The first-order chi connectivity index (χ1) is 16.0. The third kappa shape index (κ3) is 7.97. The molecule has 0 bridgehead atoms. The van der Waals surface area contributed by atoms with Gasteiger partial charge in [-0.15, -0.1) is 0 Å². The molecule has 0 spiro atoms. The van der Waals surface area contributed by atoms with Crippen molar-refractivity contribution in [1.82, 2.24) is 0 Å². The fourth-order valence-electron chi connectivity index (χ4n) is 3.48. The number of methoxy groups -OCH3 is 1. The molecule has 0 aliphatic rings. The number of benzene rings is 2. The number of rotatable bonds is 13. The van der Waals surface area contributed by atoms with Gasteiger partial charge in [0.15, 0.2) is 17.3 Å². The molecule has 0 unspecified atom stereocenters. The second kappa shape index (κ2) is 12.3. The van der Waals surface area contributed by atoms with Crippen LogP contribution in [0, 0.1) is 12.3 Å². The molecule has 2 rings (SSSR count). The zero-order valence-electron chi connectivity index (χ0n) is 20.8. The van der Waals surface area contributed by atoms with Crippen LogP contribution in [0.15, 0.2) is 30.3 Å². The Morgan fingerprint density at radius 1 is 0.882 bits per heavy atom. The number of phenolic OH excluding ortho intramolecular Hbond substituents is 1. The minimum absolute atomic E-state index is 0.00806. The standard InChI is InChI=1S/C27H36O7/c1-18-22(13-11-20(25(18)29)21(28)17-27(2,3)4)33-14-8-6-7-9-15-34-24-16-19(26(30)31)10-12-23(24)32-5/h10-13,16,29H,6-9,14-15,17H2,1-5H3,(H,30,31). The van der Waals surface area contributed by atoms with Crippen LogP contribution >= 0.6 is 0 Å². The Kier molecular flexibility index (Phi) is 9.78. The zero-order chi connectivity index (χ0) is 25.3. The number of hydrogen-bond acceptors (Lipinski definition) is 6. The van der Waals surface area contributed by atoms with E-state index in [4.69, 9.17) is 19.3 Å². The van der Waals surface area contributed by atoms with E-state index in [9.17, 15) is 14.7 Å². The molecule has 0 saturated heterocycles. The number of carboxylic acid groups (broad SMARTS) is 1. The predicted molar refractivity (Wildman–Crippen MR) is 131 cm³/mol. The quantitative estimate of drug-likeness (QED) is 0.270. The Bertz CT molecular complexity index is 989. The summed E-state index contributed by atoms with van der Waals surface area (Å²) in [4.78, 5) is 23.6. The zero-order valence-corrected chi connectivity index (χ0v) is 20.8. The van der Waals surface area contributed by atoms with E-state index in [1.165, 1.54) is 19.2 Å². The van der Waals surface area contributed by atoms with Gasteiger partial charge >= 0.3 is 5.97 Å². The van der Waals surface area contributed by atoms with Crippen molar-refractivity contribution in [3.05, 3.63) is 47.0 Å². The molecule has 0 aromatic heterocycles. The Balaban J connectivity index is 1.74. The molecule has 0 aliphatic carbocycles. The summed E-state index contributed by atoms with van der Waals surface area (Å²) < 4.78 is 16.8. The van der Waals surface area contributed by atoms with Gasteiger partial charge in [0, 0.05) is 12.0 Å². The van der Waals surface area contributed by atoms with Crippen molar-refractivity contribution in [2.45, 2.75) is 59.8 Å². The summed E-state index contributed by atoms with van der Waals surface area (Å²) in [5.41, 5.74) is 0.920. The molecule has 0 fully saturated rings. The lowest BCUT2D eigenvalue weighted by Gasteiger charge is -2.18. The second-order valence-corrected chi connectivity index (χ2v) is 9.53. The SMILES string of the molecule is COc1ccc(C(=O)O)cc1OCCCCCCOc1ccc(C(=O)CC(C)(C)C)c(O)c1C. The smallest absolute Gasteiger partial charge is 0.335 e. The van der Waals surface area contributed by atoms with Crippen LogP contribution < -0.4 is 14.2 Å². The third-order valence-electron chi connectivity index (χ3n) is 5.34. The number of phenols is 1. The number of ketones is 1. The second-order valence-electron chi connectivity index (χ2n) is 9.53. The number of aromatic carboxylic acids is 1. The summed E-state index contributed by atoms with van der Waals surface area (Å²) in [6, 6.07) is 7.92. The highest BCUT2D eigenvalue weighted by Gasteiger charge is 2.21. The van der Waals surface area contributed by atoms with E-state index in [1.807, 2.05) is 20.8 Å². The molecule has 0 atom stereocenters. The number of carbonyl (C=O) groups is 2. The van der Waals surface area contributed by atoms with Gasteiger partial charge in [0.1, 0.15) is 11.5 Å². The van der Waals surface area contributed by atoms with Crippen LogP contribution in [0.5, 0.6) is 23.0 Å². The maximum Gasteiger partial charge on any atom is 0.335 e. The third-order valence-corrected chi connectivity index (χ3v) is 5.34. The number of hydrogen-bond donors (Lipinski definition) is 2. The summed E-state index contributed by atoms with van der Waals surface area (Å²) in [6.45, 7) is 8.69. The van der Waals surface area contributed by atoms with Gasteiger partial charge in [0.05, 0.1) is 31.5 Å². The van der Waals surface area contributed by atoms with Crippen molar-refractivity contribution < 1.29 is 34.0 Å². The minimum Gasteiger partial charge on any atom is -0.507 e. The molecular formula is C27H36O7. The lowest BCUT2D eigenvalue weighted by molar-refractivity contribution is 0.0696. The van der Waals surface area contributed by atoms with Crippen molar-refractivity contribution in [2.75, 3.05) is 20.3 Å². The topological polar surface area (TPSA) is 102 Å². The van der Waals surface area contributed by atoms with Crippen LogP contribution in [0.25, 0.3) is 0 Å². The highest BCUT2D eigenvalue weighted by Crippen LogP contribution is 2.33. The van der Waals surface area contributed by atoms with E-state index in [2.05, 4.69) is 0 Å². The molecular weight excluding hydrogens is 436 g/mol. The normalized spacial score (nSPS) is 11.2. The fourth-order valence-corrected chi connectivity index (χ4v) is 3.48. The molecule has 2 N–H and O–H groups in total. The first kappa shape index (κ1) is 27.0. The fraction of sp³-hybridized carbons (Fsp3) is 0.481. The lowest BCUT2D eigenvalue weighted by Crippen LogP contribution is -2.13. The maximum absolute atomic E-state index is 12.5. The van der Waals surface area contributed by atoms with Gasteiger partial charge < -0.3 is 24.4 Å². The highest BCUT2D eigenvalue weighted by atomic mass is 16.5. The van der Waals surface area contributed by atoms with Crippen LogP contribution in [0.4, 0.5) is 0 Å². The summed E-state index contributed by atoms with van der Waals surface area (Å²) in [7, 11) is 1.52. The van der Waals surface area contributed by atoms with Crippen LogP contribution in [-0.4, -0.2) is 42.3 Å². The van der Waals surface area contributed by atoms with Gasteiger partial charge in [0.25, 0.3) is 0 Å². The summed E-state index contributed by atoms with van der Waals surface area (Å²) >= 11 is 0. The Morgan fingerprint density at radius 2 is 1.47 bits per heavy atom. The molecule has 186 valence electrons. The summed E-state index contributed by atoms with van der Waals surface area (Å²) in [5.74, 6) is 0.412. The Hall–Kier alpha value is -3.22. The van der Waals surface area contributed by atoms with E-state index < -0.39 is 5.97 Å².